The largest absolute Gasteiger partial charge is 0.399 e. The molecule has 0 saturated carbocycles. The van der Waals surface area contributed by atoms with Gasteiger partial charge < -0.3 is 16.2 Å². The number of hydrogen-bond acceptors (Lipinski definition) is 5. The number of rotatable bonds is 2. The van der Waals surface area contributed by atoms with Gasteiger partial charge in [0, 0.05) is 11.4 Å². The molecule has 1 aromatic rings. The number of sulfone groups is 1. The van der Waals surface area contributed by atoms with Gasteiger partial charge in [-0.15, -0.1) is 0 Å². The summed E-state index contributed by atoms with van der Waals surface area (Å²) >= 11 is 0. The molecule has 1 saturated heterocycles. The van der Waals surface area contributed by atoms with E-state index in [0.717, 1.165) is 5.69 Å². The van der Waals surface area contributed by atoms with Gasteiger partial charge in [0.1, 0.15) is 0 Å². The summed E-state index contributed by atoms with van der Waals surface area (Å²) in [6.07, 6.45) is -0.845. The van der Waals surface area contributed by atoms with Gasteiger partial charge in [-0.2, -0.15) is 0 Å². The predicted molar refractivity (Wildman–Crippen MR) is 62.9 cm³/mol. The number of nitrogens with one attached hydrogen (secondary N) is 1. The highest BCUT2D eigenvalue weighted by Crippen LogP contribution is 2.18. The van der Waals surface area contributed by atoms with Gasteiger partial charge >= 0.3 is 0 Å². The van der Waals surface area contributed by atoms with Crippen molar-refractivity contribution >= 4 is 21.2 Å². The topological polar surface area (TPSA) is 92.4 Å². The normalized spacial score (nSPS) is 27.8. The molecule has 1 fully saturated rings. The molecule has 4 N–H and O–H groups in total. The van der Waals surface area contributed by atoms with Gasteiger partial charge in [0.25, 0.3) is 0 Å². The first kappa shape index (κ1) is 11.2. The van der Waals surface area contributed by atoms with Gasteiger partial charge in [-0.05, 0) is 24.3 Å². The van der Waals surface area contributed by atoms with Gasteiger partial charge in [-0.1, -0.05) is 0 Å². The zero-order valence-electron chi connectivity index (χ0n) is 8.63. The molecule has 0 spiro atoms. The second-order valence-corrected chi connectivity index (χ2v) is 6.17. The lowest BCUT2D eigenvalue weighted by atomic mass is 10.2. The Labute approximate surface area is 94.2 Å². The van der Waals surface area contributed by atoms with E-state index in [1.807, 2.05) is 0 Å². The summed E-state index contributed by atoms with van der Waals surface area (Å²) in [6.45, 7) is 0. The number of benzene rings is 1. The van der Waals surface area contributed by atoms with Gasteiger partial charge in [0.2, 0.25) is 0 Å². The van der Waals surface area contributed by atoms with Gasteiger partial charge in [-0.3, -0.25) is 0 Å². The number of nitrogen functional groups attached to an aromatic ring is 1. The summed E-state index contributed by atoms with van der Waals surface area (Å²) in [5.41, 5.74) is 6.94. The van der Waals surface area contributed by atoms with Crippen LogP contribution in [0, 0.1) is 0 Å². The maximum Gasteiger partial charge on any atom is 0.155 e. The zero-order valence-corrected chi connectivity index (χ0v) is 9.44. The Kier molecular flexibility index (Phi) is 2.77. The first-order valence-corrected chi connectivity index (χ1v) is 6.79. The molecule has 1 heterocycles. The maximum absolute atomic E-state index is 11.3. The summed E-state index contributed by atoms with van der Waals surface area (Å²) in [7, 11) is -3.11. The van der Waals surface area contributed by atoms with E-state index < -0.39 is 22.0 Å². The lowest BCUT2D eigenvalue weighted by molar-refractivity contribution is 0.190. The van der Waals surface area contributed by atoms with Gasteiger partial charge in [0.15, 0.2) is 9.84 Å². The lowest BCUT2D eigenvalue weighted by Crippen LogP contribution is -2.31. The van der Waals surface area contributed by atoms with Crippen molar-refractivity contribution in [3.8, 4) is 0 Å². The average Bonchev–Trinajstić information content (AvgIpc) is 2.44. The summed E-state index contributed by atoms with van der Waals surface area (Å²) in [5.74, 6) is -0.196. The van der Waals surface area contributed by atoms with E-state index in [1.54, 1.807) is 24.3 Å². The molecule has 1 aliphatic heterocycles. The standard InChI is InChI=1S/C10H14N2O3S/c11-7-1-3-8(4-2-7)12-9-5-16(14,15)6-10(9)13/h1-4,9-10,12-13H,5-6,11H2/t9-,10-/m0/s1. The molecule has 16 heavy (non-hydrogen) atoms. The van der Waals surface area contributed by atoms with Crippen molar-refractivity contribution in [3.63, 3.8) is 0 Å². The molecule has 0 amide bonds. The fourth-order valence-electron chi connectivity index (χ4n) is 1.76. The van der Waals surface area contributed by atoms with E-state index in [0.29, 0.717) is 5.69 Å². The number of aliphatic hydroxyl groups is 1. The highest BCUT2D eigenvalue weighted by molar-refractivity contribution is 7.91. The van der Waals surface area contributed by atoms with Crippen molar-refractivity contribution in [1.82, 2.24) is 0 Å². The van der Waals surface area contributed by atoms with Crippen LogP contribution in [0.2, 0.25) is 0 Å². The Morgan fingerprint density at radius 3 is 2.38 bits per heavy atom. The Bertz CT molecular complexity index is 469. The Morgan fingerprint density at radius 1 is 1.25 bits per heavy atom. The van der Waals surface area contributed by atoms with E-state index in [2.05, 4.69) is 5.32 Å². The predicted octanol–water partition coefficient (Wildman–Crippen LogP) is -0.161. The third kappa shape index (κ3) is 2.45. The minimum Gasteiger partial charge on any atom is -0.399 e. The van der Waals surface area contributed by atoms with Crippen molar-refractivity contribution in [2.24, 2.45) is 0 Å². The van der Waals surface area contributed by atoms with Crippen LogP contribution in [-0.4, -0.2) is 37.2 Å². The second-order valence-electron chi connectivity index (χ2n) is 4.02. The number of nitrogens with two attached hydrogens (primary N) is 1. The van der Waals surface area contributed by atoms with E-state index in [1.165, 1.54) is 0 Å². The number of anilines is 2. The van der Waals surface area contributed by atoms with Crippen molar-refractivity contribution in [2.75, 3.05) is 22.6 Å². The van der Waals surface area contributed by atoms with Crippen LogP contribution in [0.5, 0.6) is 0 Å². The van der Waals surface area contributed by atoms with Crippen molar-refractivity contribution in [3.05, 3.63) is 24.3 Å². The average molecular weight is 242 g/mol. The van der Waals surface area contributed by atoms with E-state index in [9.17, 15) is 13.5 Å². The molecule has 88 valence electrons. The minimum absolute atomic E-state index is 0.0292. The van der Waals surface area contributed by atoms with E-state index in [4.69, 9.17) is 5.73 Å². The molecule has 0 unspecified atom stereocenters. The fraction of sp³-hybridized carbons (Fsp3) is 0.400. The molecule has 2 atom stereocenters. The van der Waals surface area contributed by atoms with Crippen LogP contribution >= 0.6 is 0 Å². The molecule has 5 nitrogen and oxygen atoms in total. The second kappa shape index (κ2) is 3.95. The van der Waals surface area contributed by atoms with Crippen LogP contribution < -0.4 is 11.1 Å². The van der Waals surface area contributed by atoms with Crippen LogP contribution in [0.4, 0.5) is 11.4 Å². The van der Waals surface area contributed by atoms with Crippen molar-refractivity contribution in [1.29, 1.82) is 0 Å². The molecule has 1 aliphatic rings. The third-order valence-electron chi connectivity index (χ3n) is 2.59. The van der Waals surface area contributed by atoms with E-state index >= 15 is 0 Å². The van der Waals surface area contributed by atoms with Crippen LogP contribution in [0.25, 0.3) is 0 Å². The molecule has 0 radical (unpaired) electrons. The Morgan fingerprint density at radius 2 is 1.88 bits per heavy atom. The highest BCUT2D eigenvalue weighted by atomic mass is 32.2. The van der Waals surface area contributed by atoms with E-state index in [-0.39, 0.29) is 11.5 Å². The fourth-order valence-corrected chi connectivity index (χ4v) is 3.50. The summed E-state index contributed by atoms with van der Waals surface area (Å²) in [4.78, 5) is 0. The summed E-state index contributed by atoms with van der Waals surface area (Å²) in [5, 5.41) is 12.6. The number of aliphatic hydroxyl groups excluding tert-OH is 1. The quantitative estimate of drug-likeness (QED) is 0.627. The van der Waals surface area contributed by atoms with Gasteiger partial charge in [0.05, 0.1) is 23.7 Å². The van der Waals surface area contributed by atoms with Crippen LogP contribution in [0.1, 0.15) is 0 Å². The zero-order chi connectivity index (χ0) is 11.8. The molecule has 0 aromatic heterocycles. The minimum atomic E-state index is -3.11. The smallest absolute Gasteiger partial charge is 0.155 e. The summed E-state index contributed by atoms with van der Waals surface area (Å²) in [6, 6.07) is 6.52. The van der Waals surface area contributed by atoms with Gasteiger partial charge in [-0.25, -0.2) is 8.42 Å². The Hall–Kier alpha value is -1.27. The molecular weight excluding hydrogens is 228 g/mol. The molecule has 6 heteroatoms. The molecule has 2 rings (SSSR count). The monoisotopic (exact) mass is 242 g/mol. The SMILES string of the molecule is Nc1ccc(N[C@H]2CS(=O)(=O)C[C@@H]2O)cc1. The summed E-state index contributed by atoms with van der Waals surface area (Å²) < 4.78 is 22.6. The first-order chi connectivity index (χ1) is 7.46. The third-order valence-corrected chi connectivity index (χ3v) is 4.30. The maximum atomic E-state index is 11.3. The lowest BCUT2D eigenvalue weighted by Gasteiger charge is -2.16. The molecular formula is C10H14N2O3S. The highest BCUT2D eigenvalue weighted by Gasteiger charge is 2.36. The number of hydrogen-bond donors (Lipinski definition) is 3. The molecule has 0 bridgehead atoms. The van der Waals surface area contributed by atoms with Crippen molar-refractivity contribution < 1.29 is 13.5 Å². The first-order valence-electron chi connectivity index (χ1n) is 4.97. The Balaban J connectivity index is 2.08. The van der Waals surface area contributed by atoms with Crippen LogP contribution in [0.3, 0.4) is 0 Å². The van der Waals surface area contributed by atoms with Crippen LogP contribution in [-0.2, 0) is 9.84 Å². The molecule has 1 aromatic carbocycles. The van der Waals surface area contributed by atoms with Crippen molar-refractivity contribution in [2.45, 2.75) is 12.1 Å². The van der Waals surface area contributed by atoms with Crippen LogP contribution in [0.15, 0.2) is 24.3 Å². The molecule has 0 aliphatic carbocycles.